The van der Waals surface area contributed by atoms with Gasteiger partial charge in [0.1, 0.15) is 30.2 Å². The molecule has 0 aliphatic heterocycles. The van der Waals surface area contributed by atoms with Crippen LogP contribution in [0.2, 0.25) is 0 Å². The Morgan fingerprint density at radius 2 is 1.27 bits per heavy atom. The third kappa shape index (κ3) is 24.4. The van der Waals surface area contributed by atoms with Crippen molar-refractivity contribution in [3.8, 4) is 0 Å². The van der Waals surface area contributed by atoms with Gasteiger partial charge in [0.2, 0.25) is 47.8 Å². The Balaban J connectivity index is 2.88. The highest BCUT2D eigenvalue weighted by Gasteiger charge is 2.29. The van der Waals surface area contributed by atoms with E-state index >= 15 is 0 Å². The Hall–Kier alpha value is -7.01. The Kier molecular flexibility index (Phi) is 26.6. The van der Waals surface area contributed by atoms with Gasteiger partial charge in [0.25, 0.3) is 0 Å². The highest BCUT2D eigenvalue weighted by atomic mass is 16.4. The summed E-state index contributed by atoms with van der Waals surface area (Å²) in [6.45, 7) is 4.40. The molecule has 4 unspecified atom stereocenters. The Morgan fingerprint density at radius 3 is 1.88 bits per heavy atom. The van der Waals surface area contributed by atoms with E-state index in [4.69, 9.17) is 17.2 Å². The molecule has 0 fully saturated rings. The van der Waals surface area contributed by atoms with Crippen LogP contribution < -0.4 is 65.1 Å². The molecule has 8 amide bonds. The molecule has 1 aromatic carbocycles. The molecule has 6 atom stereocenters. The SMILES string of the molecule is CN=C(N)NCCCC(NC=O)C(=O)N[C@@H](C)C(=O)NC(CCCNC(=O)CCC(NC(=O)CNC(C)=O)C(=O)N[C@@H](CCCN=C(N)N)C(=O)NC(C)Cc1ccccc1)C(=O)O. The predicted molar refractivity (Wildman–Crippen MR) is 237 cm³/mol. The number of carbonyl (C=O) groups excluding carboxylic acids is 8. The van der Waals surface area contributed by atoms with Crippen molar-refractivity contribution in [3.63, 3.8) is 0 Å². The lowest BCUT2D eigenvalue weighted by molar-refractivity contribution is -0.142. The van der Waals surface area contributed by atoms with Gasteiger partial charge >= 0.3 is 5.97 Å². The molecule has 0 radical (unpaired) electrons. The number of nitrogens with two attached hydrogens (primary N) is 3. The van der Waals surface area contributed by atoms with E-state index in [0.29, 0.717) is 32.2 Å². The first-order chi connectivity index (χ1) is 30.4. The topological polar surface area (TPSA) is 385 Å². The van der Waals surface area contributed by atoms with E-state index < -0.39 is 84.1 Å². The van der Waals surface area contributed by atoms with Crippen molar-refractivity contribution in [1.29, 1.82) is 0 Å². The summed E-state index contributed by atoms with van der Waals surface area (Å²) < 4.78 is 0. The van der Waals surface area contributed by atoms with Gasteiger partial charge in [-0.3, -0.25) is 48.3 Å². The van der Waals surface area contributed by atoms with Gasteiger partial charge in [0.05, 0.1) is 6.54 Å². The number of nitrogens with one attached hydrogen (secondary N) is 9. The van der Waals surface area contributed by atoms with E-state index in [0.717, 1.165) is 5.56 Å². The number of carbonyl (C=O) groups is 9. The predicted octanol–water partition coefficient (Wildman–Crippen LogP) is -3.93. The van der Waals surface area contributed by atoms with Crippen molar-refractivity contribution in [2.75, 3.05) is 33.2 Å². The average molecular weight is 903 g/mol. The summed E-state index contributed by atoms with van der Waals surface area (Å²) >= 11 is 0. The normalized spacial score (nSPS) is 13.7. The molecule has 1 rings (SSSR count). The molecule has 1 aromatic rings. The number of benzene rings is 1. The molecular weight excluding hydrogens is 837 g/mol. The van der Waals surface area contributed by atoms with Crippen molar-refractivity contribution in [2.45, 2.75) is 115 Å². The molecule has 0 aliphatic rings. The summed E-state index contributed by atoms with van der Waals surface area (Å²) in [5, 5.41) is 32.8. The molecule has 0 aromatic heterocycles. The first kappa shape index (κ1) is 55.0. The third-order valence-electron chi connectivity index (χ3n) is 9.32. The molecule has 0 saturated heterocycles. The van der Waals surface area contributed by atoms with Gasteiger partial charge in [-0.25, -0.2) is 4.79 Å². The molecule has 16 N–H and O–H groups in total. The zero-order valence-corrected chi connectivity index (χ0v) is 36.9. The summed E-state index contributed by atoms with van der Waals surface area (Å²) in [7, 11) is 1.50. The van der Waals surface area contributed by atoms with Crippen molar-refractivity contribution in [3.05, 3.63) is 35.9 Å². The average Bonchev–Trinajstić information content (AvgIpc) is 3.24. The maximum absolute atomic E-state index is 13.7. The van der Waals surface area contributed by atoms with Gasteiger partial charge in [-0.05, 0) is 70.8 Å². The van der Waals surface area contributed by atoms with Crippen molar-refractivity contribution in [2.24, 2.45) is 27.2 Å². The molecular formula is C40H66N14O10. The molecule has 24 nitrogen and oxygen atoms in total. The van der Waals surface area contributed by atoms with Crippen LogP contribution in [0, 0.1) is 0 Å². The molecule has 0 aliphatic carbocycles. The molecule has 0 spiro atoms. The van der Waals surface area contributed by atoms with Crippen molar-refractivity contribution < 1.29 is 48.3 Å². The van der Waals surface area contributed by atoms with E-state index in [2.05, 4.69) is 57.8 Å². The van der Waals surface area contributed by atoms with Gasteiger partial charge in [0.15, 0.2) is 11.9 Å². The monoisotopic (exact) mass is 903 g/mol. The van der Waals surface area contributed by atoms with E-state index in [1.54, 1.807) is 0 Å². The number of guanidine groups is 2. The molecule has 64 heavy (non-hydrogen) atoms. The first-order valence-corrected chi connectivity index (χ1v) is 20.9. The molecule has 356 valence electrons. The highest BCUT2D eigenvalue weighted by molar-refractivity contribution is 5.94. The Labute approximate surface area is 372 Å². The van der Waals surface area contributed by atoms with Gasteiger partial charge in [-0.2, -0.15) is 0 Å². The van der Waals surface area contributed by atoms with Gasteiger partial charge in [-0.15, -0.1) is 0 Å². The number of carboxylic acids is 1. The second-order valence-corrected chi connectivity index (χ2v) is 14.8. The number of amides is 8. The van der Waals surface area contributed by atoms with E-state index in [1.807, 2.05) is 37.3 Å². The lowest BCUT2D eigenvalue weighted by Crippen LogP contribution is -2.55. The van der Waals surface area contributed by atoms with Gasteiger partial charge in [-0.1, -0.05) is 30.3 Å². The Morgan fingerprint density at radius 1 is 0.688 bits per heavy atom. The minimum absolute atomic E-state index is 0.0284. The zero-order valence-electron chi connectivity index (χ0n) is 36.9. The largest absolute Gasteiger partial charge is 0.480 e. The second kappa shape index (κ2) is 30.9. The highest BCUT2D eigenvalue weighted by Crippen LogP contribution is 2.07. The van der Waals surface area contributed by atoms with Crippen LogP contribution in [-0.2, 0) is 49.6 Å². The Bertz CT molecular complexity index is 1760. The lowest BCUT2D eigenvalue weighted by atomic mass is 10.0. The second-order valence-electron chi connectivity index (χ2n) is 14.8. The first-order valence-electron chi connectivity index (χ1n) is 20.9. The van der Waals surface area contributed by atoms with Crippen LogP contribution in [-0.4, -0.2) is 140 Å². The third-order valence-corrected chi connectivity index (χ3v) is 9.32. The molecule has 0 bridgehead atoms. The summed E-state index contributed by atoms with van der Waals surface area (Å²) in [6, 6.07) is 3.19. The van der Waals surface area contributed by atoms with E-state index in [-0.39, 0.29) is 69.6 Å². The number of rotatable bonds is 31. The maximum Gasteiger partial charge on any atom is 0.326 e. The summed E-state index contributed by atoms with van der Waals surface area (Å²) in [6.07, 6.45) is 1.36. The summed E-state index contributed by atoms with van der Waals surface area (Å²) in [5.74, 6) is -5.83. The fraction of sp³-hybridized carbons (Fsp3) is 0.575. The van der Waals surface area contributed by atoms with Crippen LogP contribution in [0.15, 0.2) is 40.3 Å². The van der Waals surface area contributed by atoms with Crippen LogP contribution in [0.1, 0.15) is 77.7 Å². The van der Waals surface area contributed by atoms with Crippen LogP contribution in [0.5, 0.6) is 0 Å². The van der Waals surface area contributed by atoms with Crippen LogP contribution in [0.3, 0.4) is 0 Å². The van der Waals surface area contributed by atoms with Gasteiger partial charge < -0.3 is 70.2 Å². The number of carboxylic acid groups (broad SMARTS) is 1. The summed E-state index contributed by atoms with van der Waals surface area (Å²) in [4.78, 5) is 121. The number of hydrogen-bond donors (Lipinski definition) is 13. The van der Waals surface area contributed by atoms with Crippen LogP contribution in [0.25, 0.3) is 0 Å². The standard InChI is InChI=1S/C40H66N14O10/c1-24(21-27-11-6-5-7-12-27)50-36(61)29(14-9-19-46-39(41)42)53-37(62)30(52-33(58)22-48-26(3)56)16-17-32(57)45-18-10-15-31(38(63)64)54-34(59)25(2)51-35(60)28(49-23-55)13-8-20-47-40(43)44-4/h5-7,11-12,23-25,28-31H,8-10,13-22H2,1-4H3,(H,45,57)(H,48,56)(H,49,55)(H,50,61)(H,51,60)(H,52,58)(H,53,62)(H,54,59)(H,63,64)(H4,41,42,46)(H3,43,44,47)/t24?,25-,28?,29-,30?,31?/m0/s1. The fourth-order valence-electron chi connectivity index (χ4n) is 5.93. The zero-order chi connectivity index (χ0) is 48.0. The number of aliphatic imine (C=N–C) groups is 2. The van der Waals surface area contributed by atoms with Crippen molar-refractivity contribution >= 4 is 65.6 Å². The van der Waals surface area contributed by atoms with E-state index in [1.165, 1.54) is 20.9 Å². The van der Waals surface area contributed by atoms with Crippen LogP contribution in [0.4, 0.5) is 0 Å². The lowest BCUT2D eigenvalue weighted by Gasteiger charge is -2.25. The quantitative estimate of drug-likeness (QED) is 0.0147. The number of aliphatic carboxylic acids is 1. The fourth-order valence-corrected chi connectivity index (χ4v) is 5.93. The molecule has 0 saturated carbocycles. The number of nitrogens with zero attached hydrogens (tertiary/aromatic N) is 2. The van der Waals surface area contributed by atoms with Gasteiger partial charge in [0, 0.05) is 46.1 Å². The molecule has 24 heteroatoms. The minimum atomic E-state index is -1.39. The number of hydrogen-bond acceptors (Lipinski definition) is 11. The summed E-state index contributed by atoms with van der Waals surface area (Å²) in [5.41, 5.74) is 17.4. The smallest absolute Gasteiger partial charge is 0.326 e. The van der Waals surface area contributed by atoms with Crippen molar-refractivity contribution in [1.82, 2.24) is 47.9 Å². The van der Waals surface area contributed by atoms with Crippen LogP contribution >= 0.6 is 0 Å². The minimum Gasteiger partial charge on any atom is -0.480 e. The maximum atomic E-state index is 13.7. The molecule has 0 heterocycles. The van der Waals surface area contributed by atoms with E-state index in [9.17, 15) is 48.3 Å².